The maximum absolute atomic E-state index is 11.6. The van der Waals surface area contributed by atoms with Crippen molar-refractivity contribution in [2.75, 3.05) is 13.2 Å². The van der Waals surface area contributed by atoms with Crippen molar-refractivity contribution in [2.24, 2.45) is 0 Å². The van der Waals surface area contributed by atoms with Crippen molar-refractivity contribution in [3.8, 4) is 0 Å². The Morgan fingerprint density at radius 1 is 0.511 bits per heavy atom. The molecule has 0 aliphatic carbocycles. The van der Waals surface area contributed by atoms with Crippen molar-refractivity contribution >= 4 is 0 Å². The van der Waals surface area contributed by atoms with Crippen LogP contribution in [0.15, 0.2) is 60.7 Å². The predicted molar refractivity (Wildman–Crippen MR) is 158 cm³/mol. The molecule has 0 amide bonds. The Hall–Kier alpha value is -2.16. The van der Waals surface area contributed by atoms with Crippen molar-refractivity contribution in [2.45, 2.75) is 112 Å². The van der Waals surface area contributed by atoms with Gasteiger partial charge < -0.3 is 74.0 Å². The van der Waals surface area contributed by atoms with Crippen LogP contribution >= 0.6 is 0 Å². The summed E-state index contributed by atoms with van der Waals surface area (Å²) in [7, 11) is 0. The molecule has 3 heterocycles. The molecule has 0 aromatic heterocycles. The molecule has 2 aromatic carbocycles. The van der Waals surface area contributed by atoms with Crippen LogP contribution in [0.2, 0.25) is 0 Å². The van der Waals surface area contributed by atoms with E-state index in [4.69, 9.17) is 33.2 Å². The molecule has 8 N–H and O–H groups in total. The van der Waals surface area contributed by atoms with E-state index >= 15 is 0 Å². The highest BCUT2D eigenvalue weighted by Gasteiger charge is 2.54. The molecule has 15 heteroatoms. The maximum atomic E-state index is 11.6. The van der Waals surface area contributed by atoms with Crippen LogP contribution in [-0.4, -0.2) is 146 Å². The van der Waals surface area contributed by atoms with Crippen molar-refractivity contribution < 1.29 is 74.0 Å². The third-order valence-electron chi connectivity index (χ3n) is 8.55. The van der Waals surface area contributed by atoms with E-state index < -0.39 is 105 Å². The molecule has 15 atom stereocenters. The summed E-state index contributed by atoms with van der Waals surface area (Å²) in [5.41, 5.74) is 1.52. The Morgan fingerprint density at radius 2 is 1.06 bits per heavy atom. The smallest absolute Gasteiger partial charge is 0.187 e. The maximum Gasteiger partial charge on any atom is 0.187 e. The standard InChI is InChI=1S/C32H44O15/c1-16-21(35)24(38)29(41-14-17-8-4-2-5-9-17)32(43-16)47-28-26(40)30(42-15-18-10-6-3-7-11-18)45-20(13-34)27(28)46-31-25(39)23(37)22(36)19(12-33)44-31/h2-11,16,19-40H,12-15H2,1H3. The molecule has 2 aromatic rings. The van der Waals surface area contributed by atoms with Gasteiger partial charge in [-0.2, -0.15) is 0 Å². The molecule has 5 rings (SSSR count). The summed E-state index contributed by atoms with van der Waals surface area (Å²) in [5, 5.41) is 84.6. The fourth-order valence-corrected chi connectivity index (χ4v) is 5.80. The van der Waals surface area contributed by atoms with Gasteiger partial charge in [-0.05, 0) is 18.1 Å². The van der Waals surface area contributed by atoms with Crippen molar-refractivity contribution in [3.05, 3.63) is 71.8 Å². The van der Waals surface area contributed by atoms with Crippen molar-refractivity contribution in [1.29, 1.82) is 0 Å². The number of benzene rings is 2. The average Bonchev–Trinajstić information content (AvgIpc) is 3.09. The quantitative estimate of drug-likeness (QED) is 0.121. The van der Waals surface area contributed by atoms with Crippen LogP contribution in [0.5, 0.6) is 0 Å². The van der Waals surface area contributed by atoms with Crippen molar-refractivity contribution in [1.82, 2.24) is 0 Å². The molecular formula is C32H44O15. The van der Waals surface area contributed by atoms with Gasteiger partial charge in [-0.1, -0.05) is 60.7 Å². The molecule has 15 nitrogen and oxygen atoms in total. The zero-order valence-electron chi connectivity index (χ0n) is 25.7. The number of aliphatic hydroxyl groups is 8. The zero-order valence-corrected chi connectivity index (χ0v) is 25.7. The molecule has 262 valence electrons. The number of ether oxygens (including phenoxy) is 7. The average molecular weight is 669 g/mol. The first-order valence-corrected chi connectivity index (χ1v) is 15.5. The fraction of sp³-hybridized carbons (Fsp3) is 0.625. The molecule has 0 bridgehead atoms. The summed E-state index contributed by atoms with van der Waals surface area (Å²) < 4.78 is 41.5. The second-order valence-electron chi connectivity index (χ2n) is 11.9. The van der Waals surface area contributed by atoms with Gasteiger partial charge in [-0.15, -0.1) is 0 Å². The minimum atomic E-state index is -1.82. The Bertz CT molecular complexity index is 1210. The van der Waals surface area contributed by atoms with E-state index in [1.54, 1.807) is 48.5 Å². The SMILES string of the molecule is CC1OC(OC2C(O)C(OCc3ccccc3)OC(CO)C2OC2OC(CO)C(O)C(O)C2O)C(OCc2ccccc2)C(O)C1O. The summed E-state index contributed by atoms with van der Waals surface area (Å²) in [6.07, 6.45) is -21.9. The zero-order chi connectivity index (χ0) is 33.7. The van der Waals surface area contributed by atoms with Crippen LogP contribution in [0.1, 0.15) is 18.1 Å². The lowest BCUT2D eigenvalue weighted by atomic mass is 9.96. The molecule has 3 aliphatic rings. The van der Waals surface area contributed by atoms with E-state index in [-0.39, 0.29) is 13.2 Å². The lowest BCUT2D eigenvalue weighted by Gasteiger charge is -2.49. The van der Waals surface area contributed by atoms with E-state index in [0.717, 1.165) is 11.1 Å². The topological polar surface area (TPSA) is 226 Å². The Kier molecular flexibility index (Phi) is 12.7. The van der Waals surface area contributed by atoms with Gasteiger partial charge >= 0.3 is 0 Å². The lowest BCUT2D eigenvalue weighted by Crippen LogP contribution is -2.67. The van der Waals surface area contributed by atoms with Crippen LogP contribution in [0.25, 0.3) is 0 Å². The molecule has 3 fully saturated rings. The molecule has 0 radical (unpaired) electrons. The first kappa shape index (κ1) is 36.1. The van der Waals surface area contributed by atoms with Gasteiger partial charge in [0.05, 0.1) is 32.5 Å². The predicted octanol–water partition coefficient (Wildman–Crippen LogP) is -2.10. The summed E-state index contributed by atoms with van der Waals surface area (Å²) in [5.74, 6) is 0. The van der Waals surface area contributed by atoms with Crippen LogP contribution < -0.4 is 0 Å². The van der Waals surface area contributed by atoms with Gasteiger partial charge in [0.15, 0.2) is 18.9 Å². The number of hydrogen-bond acceptors (Lipinski definition) is 15. The summed E-state index contributed by atoms with van der Waals surface area (Å²) in [4.78, 5) is 0. The molecule has 15 unspecified atom stereocenters. The van der Waals surface area contributed by atoms with Crippen LogP contribution in [-0.2, 0) is 46.4 Å². The largest absolute Gasteiger partial charge is 0.394 e. The molecule has 3 aliphatic heterocycles. The minimum absolute atomic E-state index is 0.0100. The second kappa shape index (κ2) is 16.5. The van der Waals surface area contributed by atoms with Crippen LogP contribution in [0.3, 0.4) is 0 Å². The normalized spacial score (nSPS) is 41.1. The highest BCUT2D eigenvalue weighted by molar-refractivity contribution is 5.14. The third kappa shape index (κ3) is 8.36. The Balaban J connectivity index is 1.42. The van der Waals surface area contributed by atoms with Crippen LogP contribution in [0, 0.1) is 0 Å². The third-order valence-corrected chi connectivity index (χ3v) is 8.55. The molecule has 47 heavy (non-hydrogen) atoms. The Morgan fingerprint density at radius 3 is 1.66 bits per heavy atom. The summed E-state index contributed by atoms with van der Waals surface area (Å²) in [6, 6.07) is 18.1. The fourth-order valence-electron chi connectivity index (χ4n) is 5.80. The molecule has 0 spiro atoms. The highest BCUT2D eigenvalue weighted by Crippen LogP contribution is 2.34. The van der Waals surface area contributed by atoms with Crippen molar-refractivity contribution in [3.63, 3.8) is 0 Å². The second-order valence-corrected chi connectivity index (χ2v) is 11.9. The van der Waals surface area contributed by atoms with E-state index in [2.05, 4.69) is 0 Å². The van der Waals surface area contributed by atoms with E-state index in [1.165, 1.54) is 6.92 Å². The number of aliphatic hydroxyl groups excluding tert-OH is 8. The van der Waals surface area contributed by atoms with E-state index in [0.29, 0.717) is 0 Å². The monoisotopic (exact) mass is 668 g/mol. The first-order valence-electron chi connectivity index (χ1n) is 15.5. The van der Waals surface area contributed by atoms with Gasteiger partial charge in [0, 0.05) is 0 Å². The molecular weight excluding hydrogens is 624 g/mol. The van der Waals surface area contributed by atoms with E-state index in [1.807, 2.05) is 12.1 Å². The van der Waals surface area contributed by atoms with E-state index in [9.17, 15) is 40.9 Å². The highest BCUT2D eigenvalue weighted by atomic mass is 16.8. The Labute approximate surface area is 271 Å². The van der Waals surface area contributed by atoms with Gasteiger partial charge in [-0.3, -0.25) is 0 Å². The summed E-state index contributed by atoms with van der Waals surface area (Å²) >= 11 is 0. The molecule has 3 saturated heterocycles. The minimum Gasteiger partial charge on any atom is -0.394 e. The van der Waals surface area contributed by atoms with Crippen LogP contribution in [0.4, 0.5) is 0 Å². The number of rotatable bonds is 12. The van der Waals surface area contributed by atoms with Gasteiger partial charge in [0.1, 0.15) is 67.1 Å². The first-order chi connectivity index (χ1) is 22.6. The van der Waals surface area contributed by atoms with Gasteiger partial charge in [0.2, 0.25) is 0 Å². The molecule has 0 saturated carbocycles. The summed E-state index contributed by atoms with van der Waals surface area (Å²) in [6.45, 7) is 0.119. The van der Waals surface area contributed by atoms with Gasteiger partial charge in [-0.25, -0.2) is 0 Å². The lowest BCUT2D eigenvalue weighted by molar-refractivity contribution is -0.388. The number of hydrogen-bond donors (Lipinski definition) is 8. The van der Waals surface area contributed by atoms with Gasteiger partial charge in [0.25, 0.3) is 0 Å².